The van der Waals surface area contributed by atoms with E-state index in [9.17, 15) is 14.4 Å². The van der Waals surface area contributed by atoms with Crippen LogP contribution in [-0.4, -0.2) is 15.0 Å². The number of benzene rings is 3. The highest BCUT2D eigenvalue weighted by molar-refractivity contribution is 5.81. The Bertz CT molecular complexity index is 1440. The maximum atomic E-state index is 12.8. The number of amides is 1. The van der Waals surface area contributed by atoms with Crippen molar-refractivity contribution in [1.29, 1.82) is 0 Å². The first-order chi connectivity index (χ1) is 16.5. The monoisotopic (exact) mass is 457 g/mol. The van der Waals surface area contributed by atoms with Crippen molar-refractivity contribution in [3.05, 3.63) is 110 Å². The molecule has 0 atom stereocenters. The van der Waals surface area contributed by atoms with Crippen LogP contribution < -0.4 is 21.3 Å². The van der Waals surface area contributed by atoms with Gasteiger partial charge in [-0.2, -0.15) is 0 Å². The number of nitrogens with one attached hydrogen (secondary N) is 1. The first-order valence-corrected chi connectivity index (χ1v) is 11.2. The first kappa shape index (κ1) is 23.0. The van der Waals surface area contributed by atoms with Gasteiger partial charge in [0.1, 0.15) is 18.9 Å². The van der Waals surface area contributed by atoms with Crippen molar-refractivity contribution >= 4 is 16.8 Å². The van der Waals surface area contributed by atoms with E-state index in [1.165, 1.54) is 10.1 Å². The molecule has 4 rings (SSSR count). The highest BCUT2D eigenvalue weighted by Crippen LogP contribution is 2.15. The molecule has 1 N–H and O–H groups in total. The van der Waals surface area contributed by atoms with Crippen LogP contribution in [-0.2, 0) is 31.0 Å². The predicted octanol–water partition coefficient (Wildman–Crippen LogP) is 3.39. The lowest BCUT2D eigenvalue weighted by molar-refractivity contribution is -0.121. The summed E-state index contributed by atoms with van der Waals surface area (Å²) < 4.78 is 8.33. The lowest BCUT2D eigenvalue weighted by Gasteiger charge is -2.13. The minimum atomic E-state index is -0.489. The van der Waals surface area contributed by atoms with Crippen LogP contribution in [0.2, 0.25) is 0 Å². The molecule has 0 unspecified atom stereocenters. The van der Waals surface area contributed by atoms with Gasteiger partial charge in [0.2, 0.25) is 5.91 Å². The molecule has 4 aromatic rings. The van der Waals surface area contributed by atoms with E-state index >= 15 is 0 Å². The van der Waals surface area contributed by atoms with Gasteiger partial charge < -0.3 is 10.1 Å². The minimum absolute atomic E-state index is 0.169. The molecular formula is C27H27N3O4. The van der Waals surface area contributed by atoms with Gasteiger partial charge in [-0.05, 0) is 49.2 Å². The van der Waals surface area contributed by atoms with Crippen LogP contribution >= 0.6 is 0 Å². The number of ether oxygens (including phenoxy) is 1. The molecule has 0 aliphatic heterocycles. The van der Waals surface area contributed by atoms with Gasteiger partial charge in [0, 0.05) is 13.1 Å². The van der Waals surface area contributed by atoms with Crippen LogP contribution in [0.25, 0.3) is 10.9 Å². The Balaban J connectivity index is 1.39. The van der Waals surface area contributed by atoms with Gasteiger partial charge in [-0.3, -0.25) is 18.7 Å². The largest absolute Gasteiger partial charge is 0.489 e. The van der Waals surface area contributed by atoms with E-state index < -0.39 is 5.69 Å². The zero-order valence-electron chi connectivity index (χ0n) is 19.3. The molecule has 0 aliphatic carbocycles. The second-order valence-corrected chi connectivity index (χ2v) is 8.13. The van der Waals surface area contributed by atoms with Gasteiger partial charge in [-0.1, -0.05) is 54.1 Å². The van der Waals surface area contributed by atoms with Crippen LogP contribution in [0.1, 0.15) is 23.6 Å². The number of carbonyl (C=O) groups is 1. The first-order valence-electron chi connectivity index (χ1n) is 11.2. The second-order valence-electron chi connectivity index (χ2n) is 8.13. The summed E-state index contributed by atoms with van der Waals surface area (Å²) in [6, 6.07) is 22.5. The lowest BCUT2D eigenvalue weighted by atomic mass is 10.1. The molecule has 0 spiro atoms. The SMILES string of the molecule is CCn1c(=O)c2ccccc2n(CC(=O)NCc2ccc(OCc3cccc(C)c3)cc2)c1=O. The Morgan fingerprint density at radius 3 is 2.41 bits per heavy atom. The van der Waals surface area contributed by atoms with Crippen molar-refractivity contribution in [2.75, 3.05) is 0 Å². The van der Waals surface area contributed by atoms with Gasteiger partial charge in [0.25, 0.3) is 5.56 Å². The normalized spacial score (nSPS) is 10.9. The summed E-state index contributed by atoms with van der Waals surface area (Å²) in [5.41, 5.74) is 2.82. The maximum Gasteiger partial charge on any atom is 0.331 e. The van der Waals surface area contributed by atoms with Crippen molar-refractivity contribution in [3.8, 4) is 5.75 Å². The molecule has 7 heteroatoms. The van der Waals surface area contributed by atoms with E-state index in [2.05, 4.69) is 11.4 Å². The lowest BCUT2D eigenvalue weighted by Crippen LogP contribution is -2.42. The molecule has 0 fully saturated rings. The van der Waals surface area contributed by atoms with Crippen molar-refractivity contribution in [2.45, 2.75) is 40.1 Å². The number of nitrogens with zero attached hydrogens (tertiary/aromatic N) is 2. The Labute approximate surface area is 197 Å². The number of hydrogen-bond donors (Lipinski definition) is 1. The average Bonchev–Trinajstić information content (AvgIpc) is 2.85. The number of hydrogen-bond acceptors (Lipinski definition) is 4. The van der Waals surface area contributed by atoms with Crippen molar-refractivity contribution in [2.24, 2.45) is 0 Å². The third kappa shape index (κ3) is 5.09. The molecule has 0 saturated carbocycles. The van der Waals surface area contributed by atoms with Gasteiger partial charge in [-0.25, -0.2) is 4.79 Å². The summed E-state index contributed by atoms with van der Waals surface area (Å²) in [6.45, 7) is 4.65. The third-order valence-electron chi connectivity index (χ3n) is 5.65. The maximum absolute atomic E-state index is 12.8. The Morgan fingerprint density at radius 1 is 0.912 bits per heavy atom. The molecule has 7 nitrogen and oxygen atoms in total. The number of fused-ring (bicyclic) bond motifs is 1. The van der Waals surface area contributed by atoms with E-state index in [1.54, 1.807) is 31.2 Å². The zero-order valence-corrected chi connectivity index (χ0v) is 19.3. The molecule has 0 saturated heterocycles. The quantitative estimate of drug-likeness (QED) is 0.440. The molecule has 0 bridgehead atoms. The predicted molar refractivity (Wildman–Crippen MR) is 132 cm³/mol. The summed E-state index contributed by atoms with van der Waals surface area (Å²) in [4.78, 5) is 38.0. The molecule has 34 heavy (non-hydrogen) atoms. The molecule has 1 heterocycles. The van der Waals surface area contributed by atoms with Gasteiger partial charge in [-0.15, -0.1) is 0 Å². The van der Waals surface area contributed by atoms with Gasteiger partial charge in [0.15, 0.2) is 0 Å². The number of aryl methyl sites for hydroxylation is 1. The number of aromatic nitrogens is 2. The van der Waals surface area contributed by atoms with Crippen LogP contribution in [0.3, 0.4) is 0 Å². The van der Waals surface area contributed by atoms with Crippen molar-refractivity contribution in [3.63, 3.8) is 0 Å². The second kappa shape index (κ2) is 10.2. The van der Waals surface area contributed by atoms with Crippen LogP contribution in [0, 0.1) is 6.92 Å². The van der Waals surface area contributed by atoms with Gasteiger partial charge >= 0.3 is 5.69 Å². The molecule has 1 aromatic heterocycles. The van der Waals surface area contributed by atoms with E-state index in [0.29, 0.717) is 24.1 Å². The van der Waals surface area contributed by atoms with E-state index in [4.69, 9.17) is 4.74 Å². The van der Waals surface area contributed by atoms with E-state index in [-0.39, 0.29) is 24.6 Å². The van der Waals surface area contributed by atoms with E-state index in [0.717, 1.165) is 21.4 Å². The molecular weight excluding hydrogens is 430 g/mol. The molecule has 1 amide bonds. The smallest absolute Gasteiger partial charge is 0.331 e. The Hall–Kier alpha value is -4.13. The highest BCUT2D eigenvalue weighted by atomic mass is 16.5. The fourth-order valence-corrected chi connectivity index (χ4v) is 3.87. The third-order valence-corrected chi connectivity index (χ3v) is 5.65. The van der Waals surface area contributed by atoms with Gasteiger partial charge in [0.05, 0.1) is 10.9 Å². The topological polar surface area (TPSA) is 82.3 Å². The molecule has 3 aromatic carbocycles. The van der Waals surface area contributed by atoms with Crippen LogP contribution in [0.4, 0.5) is 0 Å². The number of para-hydroxylation sites is 1. The number of carbonyl (C=O) groups excluding carboxylic acids is 1. The molecule has 0 aliphatic rings. The van der Waals surface area contributed by atoms with Crippen molar-refractivity contribution in [1.82, 2.24) is 14.5 Å². The van der Waals surface area contributed by atoms with E-state index in [1.807, 2.05) is 49.4 Å². The summed E-state index contributed by atoms with van der Waals surface area (Å²) in [5.74, 6) is 0.435. The molecule has 0 radical (unpaired) electrons. The molecule has 174 valence electrons. The Morgan fingerprint density at radius 2 is 1.68 bits per heavy atom. The average molecular weight is 458 g/mol. The standard InChI is InChI=1S/C27H27N3O4/c1-3-29-26(32)23-9-4-5-10-24(23)30(27(29)33)17-25(31)28-16-20-11-13-22(14-12-20)34-18-21-8-6-7-19(2)15-21/h4-15H,3,16-18H2,1-2H3,(H,28,31). The minimum Gasteiger partial charge on any atom is -0.489 e. The number of rotatable bonds is 8. The zero-order chi connectivity index (χ0) is 24.1. The fraction of sp³-hybridized carbons (Fsp3) is 0.222. The van der Waals surface area contributed by atoms with Crippen LogP contribution in [0.15, 0.2) is 82.4 Å². The van der Waals surface area contributed by atoms with Crippen molar-refractivity contribution < 1.29 is 9.53 Å². The highest BCUT2D eigenvalue weighted by Gasteiger charge is 2.14. The summed E-state index contributed by atoms with van der Waals surface area (Å²) in [5, 5.41) is 3.26. The summed E-state index contributed by atoms with van der Waals surface area (Å²) in [7, 11) is 0. The fourth-order valence-electron chi connectivity index (χ4n) is 3.87. The summed E-state index contributed by atoms with van der Waals surface area (Å²) in [6.07, 6.45) is 0. The summed E-state index contributed by atoms with van der Waals surface area (Å²) >= 11 is 0. The van der Waals surface area contributed by atoms with Crippen LogP contribution in [0.5, 0.6) is 5.75 Å². The Kier molecular flexibility index (Phi) is 6.92.